The number of anilines is 1. The number of aromatic nitrogens is 1. The third-order valence-electron chi connectivity index (χ3n) is 4.92. The number of carbonyl (C=O) groups is 1. The number of nitrogens with one attached hydrogen (secondary N) is 1. The molecular formula is C22H28N3O5PS. The number of amides is 1. The van der Waals surface area contributed by atoms with Gasteiger partial charge in [-0.1, -0.05) is 23.9 Å². The van der Waals surface area contributed by atoms with Crippen molar-refractivity contribution in [2.45, 2.75) is 30.5 Å². The van der Waals surface area contributed by atoms with E-state index in [1.807, 2.05) is 43.7 Å². The van der Waals surface area contributed by atoms with E-state index in [0.29, 0.717) is 0 Å². The highest BCUT2D eigenvalue weighted by atomic mass is 32.2. The summed E-state index contributed by atoms with van der Waals surface area (Å²) in [6, 6.07) is 11.6. The van der Waals surface area contributed by atoms with Gasteiger partial charge < -0.3 is 28.9 Å². The molecule has 172 valence electrons. The lowest BCUT2D eigenvalue weighted by Gasteiger charge is -2.29. The lowest BCUT2D eigenvalue weighted by atomic mass is 10.2. The Labute approximate surface area is 192 Å². The molecular weight excluding hydrogens is 449 g/mol. The van der Waals surface area contributed by atoms with Gasteiger partial charge in [-0.3, -0.25) is 4.79 Å². The molecule has 1 N–H and O–H groups in total. The van der Waals surface area contributed by atoms with Crippen LogP contribution in [0.15, 0.2) is 58.7 Å². The van der Waals surface area contributed by atoms with E-state index in [9.17, 15) is 14.3 Å². The minimum Gasteiger partial charge on any atom is -0.779 e. The molecule has 1 aliphatic heterocycles. The summed E-state index contributed by atoms with van der Waals surface area (Å²) in [5.74, 6) is -0.267. The van der Waals surface area contributed by atoms with E-state index < -0.39 is 19.7 Å². The summed E-state index contributed by atoms with van der Waals surface area (Å²) in [6.07, 6.45) is 5.04. The van der Waals surface area contributed by atoms with Crippen molar-refractivity contribution in [3.05, 3.63) is 59.4 Å². The number of carbonyl (C=O) groups excluding carboxylic acids is 1. The highest BCUT2D eigenvalue weighted by Crippen LogP contribution is 2.45. The fraction of sp³-hybridized carbons (Fsp3) is 0.364. The van der Waals surface area contributed by atoms with Crippen LogP contribution in [0.3, 0.4) is 0 Å². The van der Waals surface area contributed by atoms with Gasteiger partial charge >= 0.3 is 0 Å². The van der Waals surface area contributed by atoms with Crippen molar-refractivity contribution in [1.82, 2.24) is 5.32 Å². The highest BCUT2D eigenvalue weighted by Gasteiger charge is 2.24. The molecule has 0 saturated carbocycles. The van der Waals surface area contributed by atoms with E-state index >= 15 is 0 Å². The van der Waals surface area contributed by atoms with Crippen LogP contribution in [0, 0.1) is 0 Å². The lowest BCUT2D eigenvalue weighted by molar-refractivity contribution is -0.684. The van der Waals surface area contributed by atoms with Gasteiger partial charge in [0.1, 0.15) is 7.60 Å². The maximum Gasteiger partial charge on any atom is 0.286 e. The van der Waals surface area contributed by atoms with Crippen molar-refractivity contribution in [3.63, 3.8) is 0 Å². The van der Waals surface area contributed by atoms with Gasteiger partial charge in [0.05, 0.1) is 29.5 Å². The average molecular weight is 478 g/mol. The fourth-order valence-electron chi connectivity index (χ4n) is 3.33. The Kier molecular flexibility index (Phi) is 8.14. The Morgan fingerprint density at radius 2 is 2.00 bits per heavy atom. The second-order valence-corrected chi connectivity index (χ2v) is 10.4. The van der Waals surface area contributed by atoms with Crippen LogP contribution in [0.4, 0.5) is 5.69 Å². The minimum atomic E-state index is -3.92. The predicted molar refractivity (Wildman–Crippen MR) is 123 cm³/mol. The van der Waals surface area contributed by atoms with E-state index in [1.54, 1.807) is 23.3 Å². The number of para-hydroxylation sites is 1. The topological polar surface area (TPSA) is 94.8 Å². The normalized spacial score (nSPS) is 18.2. The van der Waals surface area contributed by atoms with Gasteiger partial charge in [0, 0.05) is 37.9 Å². The molecule has 3 unspecified atom stereocenters. The third kappa shape index (κ3) is 6.67. The first-order chi connectivity index (χ1) is 15.2. The molecule has 0 aliphatic carbocycles. The number of hydrogen-bond acceptors (Lipinski definition) is 7. The zero-order valence-electron chi connectivity index (χ0n) is 18.6. The van der Waals surface area contributed by atoms with Crippen LogP contribution in [0.2, 0.25) is 0 Å². The summed E-state index contributed by atoms with van der Waals surface area (Å²) >= 11 is 1.72. The molecule has 0 saturated heterocycles. The van der Waals surface area contributed by atoms with Crippen LogP contribution in [0.5, 0.6) is 0 Å². The molecule has 1 amide bonds. The number of fused-ring (bicyclic) bond motifs is 1. The van der Waals surface area contributed by atoms with E-state index in [4.69, 9.17) is 9.26 Å². The molecule has 2 heterocycles. The van der Waals surface area contributed by atoms with Crippen LogP contribution in [0.25, 0.3) is 6.08 Å². The summed E-state index contributed by atoms with van der Waals surface area (Å²) in [5, 5.41) is 3.92. The first kappa shape index (κ1) is 24.5. The maximum absolute atomic E-state index is 12.5. The van der Waals surface area contributed by atoms with Crippen molar-refractivity contribution in [2.75, 3.05) is 32.3 Å². The molecule has 1 aromatic carbocycles. The molecule has 2 aromatic rings. The van der Waals surface area contributed by atoms with Crippen LogP contribution >= 0.6 is 19.4 Å². The molecule has 0 bridgehead atoms. The van der Waals surface area contributed by atoms with Crippen molar-refractivity contribution in [1.29, 1.82) is 0 Å². The number of hydrogen-bond donors (Lipinski definition) is 1. The quantitative estimate of drug-likeness (QED) is 0.437. The summed E-state index contributed by atoms with van der Waals surface area (Å²) in [5.41, 5.74) is 2.21. The number of thioether (sulfide) groups is 1. The van der Waals surface area contributed by atoms with Gasteiger partial charge in [0.2, 0.25) is 6.54 Å². The van der Waals surface area contributed by atoms with E-state index in [2.05, 4.69) is 28.4 Å². The highest BCUT2D eigenvalue weighted by molar-refractivity contribution is 8.03. The summed E-state index contributed by atoms with van der Waals surface area (Å²) < 4.78 is 23.3. The van der Waals surface area contributed by atoms with Crippen molar-refractivity contribution >= 4 is 37.0 Å². The largest absolute Gasteiger partial charge is 0.779 e. The van der Waals surface area contributed by atoms with Crippen molar-refractivity contribution in [3.8, 4) is 0 Å². The number of ether oxygens (including phenoxy) is 1. The number of rotatable bonds is 9. The standard InChI is InChI=1S/C22H28N3O5PS/c1-16(30-31(4,27)28)18(15-29-3)23-21(26)14-25-11-9-17(10-12-25)13-22-24(2)19-7-5-6-8-20(19)32-22/h5-13,16,18H,14-15H2,1-4H3,(H-,23,26,27,28). The second kappa shape index (κ2) is 10.6. The van der Waals surface area contributed by atoms with Crippen LogP contribution in [-0.2, 0) is 25.2 Å². The summed E-state index contributed by atoms with van der Waals surface area (Å²) in [7, 11) is -0.397. The number of pyridine rings is 1. The molecule has 1 aliphatic rings. The zero-order chi connectivity index (χ0) is 23.3. The van der Waals surface area contributed by atoms with Gasteiger partial charge in [0.15, 0.2) is 12.4 Å². The van der Waals surface area contributed by atoms with Crippen molar-refractivity contribution < 1.29 is 28.1 Å². The van der Waals surface area contributed by atoms with Gasteiger partial charge in [-0.15, -0.1) is 0 Å². The van der Waals surface area contributed by atoms with E-state index in [0.717, 1.165) is 17.3 Å². The molecule has 1 aromatic heterocycles. The Morgan fingerprint density at radius 3 is 2.62 bits per heavy atom. The number of nitrogens with zero attached hydrogens (tertiary/aromatic N) is 2. The molecule has 3 rings (SSSR count). The predicted octanol–water partition coefficient (Wildman–Crippen LogP) is 2.23. The Morgan fingerprint density at radius 1 is 1.31 bits per heavy atom. The molecule has 8 nitrogen and oxygen atoms in total. The minimum absolute atomic E-state index is 0.0883. The molecule has 0 fully saturated rings. The third-order valence-corrected chi connectivity index (χ3v) is 6.80. The van der Waals surface area contributed by atoms with E-state index in [1.165, 1.54) is 17.7 Å². The smallest absolute Gasteiger partial charge is 0.286 e. The van der Waals surface area contributed by atoms with Crippen LogP contribution < -0.4 is 19.7 Å². The molecule has 0 spiro atoms. The second-order valence-electron chi connectivity index (χ2n) is 7.63. The SMILES string of the molecule is COCC(NC(=O)C[n+]1ccc(/C=C2/Sc3ccccc3N2C)cc1)C(C)OP(C)(=O)[O-]. The summed E-state index contributed by atoms with van der Waals surface area (Å²) in [4.78, 5) is 27.3. The number of methoxy groups -OCH3 is 1. The summed E-state index contributed by atoms with van der Waals surface area (Å²) in [6.45, 7) is 2.81. The lowest BCUT2D eigenvalue weighted by Crippen LogP contribution is -2.51. The first-order valence-electron chi connectivity index (χ1n) is 10.1. The zero-order valence-corrected chi connectivity index (χ0v) is 20.3. The number of benzene rings is 1. The maximum atomic E-state index is 12.5. The monoisotopic (exact) mass is 477 g/mol. The molecule has 3 atom stereocenters. The van der Waals surface area contributed by atoms with Gasteiger partial charge in [-0.2, -0.15) is 4.57 Å². The first-order valence-corrected chi connectivity index (χ1v) is 12.9. The Hall–Kier alpha value is -2.16. The van der Waals surface area contributed by atoms with Crippen LogP contribution in [0.1, 0.15) is 12.5 Å². The van der Waals surface area contributed by atoms with E-state index in [-0.39, 0.29) is 19.1 Å². The fourth-order valence-corrected chi connectivity index (χ4v) is 5.19. The van der Waals surface area contributed by atoms with Crippen LogP contribution in [-0.4, -0.2) is 45.5 Å². The molecule has 10 heteroatoms. The molecule has 0 radical (unpaired) electrons. The molecule has 32 heavy (non-hydrogen) atoms. The Bertz CT molecular complexity index is 1020. The Balaban J connectivity index is 1.60. The average Bonchev–Trinajstić information content (AvgIpc) is 3.03. The van der Waals surface area contributed by atoms with Crippen molar-refractivity contribution in [2.24, 2.45) is 0 Å². The van der Waals surface area contributed by atoms with Gasteiger partial charge in [-0.25, -0.2) is 0 Å². The van der Waals surface area contributed by atoms with Gasteiger partial charge in [-0.05, 0) is 30.7 Å². The van der Waals surface area contributed by atoms with Gasteiger partial charge in [0.25, 0.3) is 5.91 Å².